The quantitative estimate of drug-likeness (QED) is 0.743. The van der Waals surface area contributed by atoms with Crippen molar-refractivity contribution in [2.75, 3.05) is 22.3 Å². The Morgan fingerprint density at radius 1 is 1.29 bits per heavy atom. The van der Waals surface area contributed by atoms with Crippen LogP contribution >= 0.6 is 0 Å². The highest BCUT2D eigenvalue weighted by Gasteiger charge is 2.17. The van der Waals surface area contributed by atoms with Crippen molar-refractivity contribution in [1.29, 1.82) is 0 Å². The maximum Gasteiger partial charge on any atom is 0.232 e. The average Bonchev–Trinajstić information content (AvgIpc) is 2.93. The molecule has 0 aliphatic carbocycles. The van der Waals surface area contributed by atoms with Gasteiger partial charge in [-0.3, -0.25) is 9.52 Å². The molecule has 1 heterocycles. The lowest BCUT2D eigenvalue weighted by molar-refractivity contribution is -0.116. The first-order chi connectivity index (χ1) is 9.98. The second kappa shape index (κ2) is 6.91. The molecule has 0 saturated carbocycles. The fraction of sp³-hybridized carbons (Fsp3) is 0.500. The molecule has 1 aliphatic rings. The monoisotopic (exact) mass is 311 g/mol. The van der Waals surface area contributed by atoms with Crippen LogP contribution in [-0.2, 0) is 14.8 Å². The molecule has 2 rings (SSSR count). The number of rotatable bonds is 6. The van der Waals surface area contributed by atoms with Gasteiger partial charge in [0.25, 0.3) is 0 Å². The molecule has 1 aliphatic heterocycles. The molecule has 1 atom stereocenters. The minimum absolute atomic E-state index is 0.0277. The van der Waals surface area contributed by atoms with Crippen LogP contribution in [0.4, 0.5) is 11.4 Å². The molecule has 21 heavy (non-hydrogen) atoms. The number of sulfonamides is 1. The Bertz CT molecular complexity index is 578. The lowest BCUT2D eigenvalue weighted by Crippen LogP contribution is -2.27. The van der Waals surface area contributed by atoms with Crippen LogP contribution in [-0.4, -0.2) is 32.7 Å². The number of nitrogens with one attached hydrogen (secondary N) is 3. The largest absolute Gasteiger partial charge is 0.326 e. The summed E-state index contributed by atoms with van der Waals surface area (Å²) in [6.45, 7) is 2.55. The van der Waals surface area contributed by atoms with Crippen LogP contribution in [0.15, 0.2) is 24.3 Å². The molecule has 6 nitrogen and oxygen atoms in total. The van der Waals surface area contributed by atoms with Crippen molar-refractivity contribution in [2.45, 2.75) is 32.2 Å². The predicted octanol–water partition coefficient (Wildman–Crippen LogP) is 1.53. The first kappa shape index (κ1) is 15.8. The first-order valence-electron chi connectivity index (χ1n) is 7.12. The van der Waals surface area contributed by atoms with Crippen molar-refractivity contribution in [1.82, 2.24) is 5.32 Å². The number of hydrogen-bond acceptors (Lipinski definition) is 4. The third-order valence-corrected chi connectivity index (χ3v) is 4.72. The highest BCUT2D eigenvalue weighted by atomic mass is 32.2. The Balaban J connectivity index is 1.88. The smallest absolute Gasteiger partial charge is 0.232 e. The summed E-state index contributed by atoms with van der Waals surface area (Å²) in [6.07, 6.45) is 2.61. The Kier molecular flexibility index (Phi) is 5.19. The van der Waals surface area contributed by atoms with Crippen molar-refractivity contribution in [3.05, 3.63) is 24.3 Å². The number of carbonyl (C=O) groups is 1. The van der Waals surface area contributed by atoms with Crippen LogP contribution in [0.1, 0.15) is 26.2 Å². The van der Waals surface area contributed by atoms with E-state index in [4.69, 9.17) is 0 Å². The van der Waals surface area contributed by atoms with Crippen LogP contribution in [0.5, 0.6) is 0 Å². The van der Waals surface area contributed by atoms with Gasteiger partial charge in [-0.2, -0.15) is 0 Å². The number of benzene rings is 1. The zero-order chi connectivity index (χ0) is 15.3. The molecule has 1 amide bonds. The summed E-state index contributed by atoms with van der Waals surface area (Å²) in [7, 11) is -3.27. The Hall–Kier alpha value is -1.60. The van der Waals surface area contributed by atoms with Gasteiger partial charge in [-0.15, -0.1) is 0 Å². The summed E-state index contributed by atoms with van der Waals surface area (Å²) < 4.78 is 25.3. The third-order valence-electron chi connectivity index (χ3n) is 3.42. The van der Waals surface area contributed by atoms with Gasteiger partial charge in [-0.05, 0) is 50.6 Å². The molecule has 1 unspecified atom stereocenters. The number of hydrogen-bond donors (Lipinski definition) is 3. The van der Waals surface area contributed by atoms with Crippen LogP contribution in [0, 0.1) is 0 Å². The molecule has 0 bridgehead atoms. The van der Waals surface area contributed by atoms with E-state index in [0.29, 0.717) is 17.8 Å². The van der Waals surface area contributed by atoms with Crippen LogP contribution in [0.3, 0.4) is 0 Å². The van der Waals surface area contributed by atoms with Gasteiger partial charge in [0.1, 0.15) is 0 Å². The van der Waals surface area contributed by atoms with E-state index in [1.165, 1.54) is 0 Å². The lowest BCUT2D eigenvalue weighted by Gasteiger charge is -2.11. The number of carbonyl (C=O) groups excluding carboxylic acids is 1. The Morgan fingerprint density at radius 2 is 1.95 bits per heavy atom. The van der Waals surface area contributed by atoms with E-state index in [2.05, 4.69) is 15.4 Å². The predicted molar refractivity (Wildman–Crippen MR) is 83.8 cm³/mol. The highest BCUT2D eigenvalue weighted by molar-refractivity contribution is 7.92. The highest BCUT2D eigenvalue weighted by Crippen LogP contribution is 2.16. The zero-order valence-electron chi connectivity index (χ0n) is 12.1. The van der Waals surface area contributed by atoms with Crippen molar-refractivity contribution >= 4 is 27.3 Å². The van der Waals surface area contributed by atoms with Crippen molar-refractivity contribution in [2.24, 2.45) is 0 Å². The molecule has 0 aromatic heterocycles. The van der Waals surface area contributed by atoms with Gasteiger partial charge < -0.3 is 10.6 Å². The SMILES string of the molecule is CCS(=O)(=O)Nc1ccc(NC(=O)CC2CCCN2)cc1. The second-order valence-corrected chi connectivity index (χ2v) is 7.14. The Labute approximate surface area is 125 Å². The standard InChI is InChI=1S/C14H21N3O3S/c1-2-21(19,20)17-12-7-5-11(6-8-12)16-14(18)10-13-4-3-9-15-13/h5-8,13,15,17H,2-4,9-10H2,1H3,(H,16,18). The van der Waals surface area contributed by atoms with E-state index in [1.54, 1.807) is 31.2 Å². The van der Waals surface area contributed by atoms with E-state index < -0.39 is 10.0 Å². The van der Waals surface area contributed by atoms with E-state index in [1.807, 2.05) is 0 Å². The molecule has 1 aromatic carbocycles. The van der Waals surface area contributed by atoms with Crippen LogP contribution in [0.2, 0.25) is 0 Å². The Morgan fingerprint density at radius 3 is 2.52 bits per heavy atom. The number of amides is 1. The van der Waals surface area contributed by atoms with Gasteiger partial charge >= 0.3 is 0 Å². The maximum atomic E-state index is 11.9. The van der Waals surface area contributed by atoms with Crippen LogP contribution in [0.25, 0.3) is 0 Å². The van der Waals surface area contributed by atoms with Crippen molar-refractivity contribution < 1.29 is 13.2 Å². The zero-order valence-corrected chi connectivity index (χ0v) is 12.9. The normalized spacial score (nSPS) is 18.4. The summed E-state index contributed by atoms with van der Waals surface area (Å²) in [5.41, 5.74) is 1.16. The summed E-state index contributed by atoms with van der Waals surface area (Å²) >= 11 is 0. The van der Waals surface area contributed by atoms with Gasteiger partial charge in [0.15, 0.2) is 0 Å². The molecule has 7 heteroatoms. The van der Waals surface area contributed by atoms with Crippen molar-refractivity contribution in [3.8, 4) is 0 Å². The summed E-state index contributed by atoms with van der Waals surface area (Å²) in [5, 5.41) is 6.09. The van der Waals surface area contributed by atoms with E-state index >= 15 is 0 Å². The first-order valence-corrected chi connectivity index (χ1v) is 8.77. The van der Waals surface area contributed by atoms with E-state index in [-0.39, 0.29) is 17.7 Å². The van der Waals surface area contributed by atoms with Gasteiger partial charge in [0.2, 0.25) is 15.9 Å². The minimum atomic E-state index is -3.27. The van der Waals surface area contributed by atoms with E-state index in [9.17, 15) is 13.2 Å². The molecule has 3 N–H and O–H groups in total. The molecule has 0 radical (unpaired) electrons. The summed E-state index contributed by atoms with van der Waals surface area (Å²) in [6, 6.07) is 6.91. The van der Waals surface area contributed by atoms with Gasteiger partial charge in [-0.25, -0.2) is 8.42 Å². The fourth-order valence-electron chi connectivity index (χ4n) is 2.24. The fourth-order valence-corrected chi connectivity index (χ4v) is 2.88. The molecule has 0 spiro atoms. The number of anilines is 2. The second-order valence-electron chi connectivity index (χ2n) is 5.13. The molecule has 116 valence electrons. The van der Waals surface area contributed by atoms with Crippen LogP contribution < -0.4 is 15.4 Å². The summed E-state index contributed by atoms with van der Waals surface area (Å²) in [5.74, 6) is -0.00356. The lowest BCUT2D eigenvalue weighted by atomic mass is 10.1. The average molecular weight is 311 g/mol. The molecule has 1 fully saturated rings. The third kappa shape index (κ3) is 5.02. The van der Waals surface area contributed by atoms with E-state index in [0.717, 1.165) is 19.4 Å². The molecular formula is C14H21N3O3S. The minimum Gasteiger partial charge on any atom is -0.326 e. The summed E-state index contributed by atoms with van der Waals surface area (Å²) in [4.78, 5) is 11.9. The van der Waals surface area contributed by atoms with Gasteiger partial charge in [0.05, 0.1) is 5.75 Å². The molecule has 1 saturated heterocycles. The topological polar surface area (TPSA) is 87.3 Å². The molecule has 1 aromatic rings. The van der Waals surface area contributed by atoms with Gasteiger partial charge in [0, 0.05) is 23.8 Å². The van der Waals surface area contributed by atoms with Gasteiger partial charge in [-0.1, -0.05) is 0 Å². The maximum absolute atomic E-state index is 11.9. The van der Waals surface area contributed by atoms with Crippen molar-refractivity contribution in [3.63, 3.8) is 0 Å². The molecular weight excluding hydrogens is 290 g/mol.